The van der Waals surface area contributed by atoms with E-state index < -0.39 is 0 Å². The molecule has 0 aliphatic heterocycles. The number of aromatic nitrogens is 2. The van der Waals surface area contributed by atoms with Gasteiger partial charge in [-0.3, -0.25) is 9.89 Å². The van der Waals surface area contributed by atoms with Gasteiger partial charge in [-0.1, -0.05) is 6.92 Å². The van der Waals surface area contributed by atoms with E-state index in [-0.39, 0.29) is 5.91 Å². The van der Waals surface area contributed by atoms with Crippen LogP contribution in [0.2, 0.25) is 0 Å². The number of hydrogen-bond acceptors (Lipinski definition) is 3. The maximum Gasteiger partial charge on any atom is 0.239 e. The molecule has 1 rings (SSSR count). The average molecular weight is 182 g/mol. The zero-order valence-electron chi connectivity index (χ0n) is 7.85. The number of nitrogens with zero attached hydrogens (tertiary/aromatic N) is 1. The number of anilines is 1. The first-order valence-electron chi connectivity index (χ1n) is 4.25. The van der Waals surface area contributed by atoms with Crippen molar-refractivity contribution in [3.05, 3.63) is 11.8 Å². The predicted molar refractivity (Wildman–Crippen MR) is 50.5 cm³/mol. The topological polar surface area (TPSA) is 69.8 Å². The molecule has 1 heterocycles. The van der Waals surface area contributed by atoms with Crippen molar-refractivity contribution < 1.29 is 4.79 Å². The molecule has 13 heavy (non-hydrogen) atoms. The van der Waals surface area contributed by atoms with Crippen LogP contribution in [0.5, 0.6) is 0 Å². The molecule has 1 aromatic heterocycles. The van der Waals surface area contributed by atoms with Gasteiger partial charge in [0.15, 0.2) is 5.82 Å². The average Bonchev–Trinajstić information content (AvgIpc) is 2.48. The lowest BCUT2D eigenvalue weighted by atomic mass is 10.4. The molecule has 1 amide bonds. The van der Waals surface area contributed by atoms with Gasteiger partial charge in [0, 0.05) is 11.8 Å². The van der Waals surface area contributed by atoms with Gasteiger partial charge in [-0.2, -0.15) is 5.10 Å². The van der Waals surface area contributed by atoms with E-state index in [1.165, 1.54) is 0 Å². The second kappa shape index (κ2) is 4.61. The quantitative estimate of drug-likeness (QED) is 0.625. The van der Waals surface area contributed by atoms with Gasteiger partial charge < -0.3 is 10.6 Å². The van der Waals surface area contributed by atoms with Gasteiger partial charge >= 0.3 is 0 Å². The van der Waals surface area contributed by atoms with Crippen LogP contribution in [0, 0.1) is 6.92 Å². The van der Waals surface area contributed by atoms with Crippen LogP contribution in [0.15, 0.2) is 6.07 Å². The standard InChI is InChI=1S/C8H14N4O/c1-3-9-5-8(13)10-7-4-6(2)11-12-7/h4,9H,3,5H2,1-2H3,(H2,10,11,12,13). The molecule has 1 aromatic rings. The van der Waals surface area contributed by atoms with E-state index in [4.69, 9.17) is 0 Å². The van der Waals surface area contributed by atoms with E-state index >= 15 is 0 Å². The molecule has 72 valence electrons. The Balaban J connectivity index is 2.36. The summed E-state index contributed by atoms with van der Waals surface area (Å²) >= 11 is 0. The van der Waals surface area contributed by atoms with Gasteiger partial charge in [0.1, 0.15) is 0 Å². The molecule has 0 fully saturated rings. The van der Waals surface area contributed by atoms with E-state index in [1.54, 1.807) is 6.07 Å². The number of nitrogens with one attached hydrogen (secondary N) is 3. The minimum atomic E-state index is -0.0756. The highest BCUT2D eigenvalue weighted by Gasteiger charge is 2.02. The van der Waals surface area contributed by atoms with Crippen LogP contribution < -0.4 is 10.6 Å². The van der Waals surface area contributed by atoms with Crippen molar-refractivity contribution >= 4 is 11.7 Å². The fraction of sp³-hybridized carbons (Fsp3) is 0.500. The molecular formula is C8H14N4O. The first-order chi connectivity index (χ1) is 6.22. The summed E-state index contributed by atoms with van der Waals surface area (Å²) in [6.07, 6.45) is 0. The summed E-state index contributed by atoms with van der Waals surface area (Å²) in [5, 5.41) is 12.2. The molecule has 5 heteroatoms. The SMILES string of the molecule is CCNCC(=O)Nc1cc(C)[nH]n1. The summed E-state index contributed by atoms with van der Waals surface area (Å²) in [4.78, 5) is 11.2. The third kappa shape index (κ3) is 3.25. The minimum absolute atomic E-state index is 0.0756. The third-order valence-corrected chi connectivity index (χ3v) is 1.51. The van der Waals surface area contributed by atoms with Crippen LogP contribution in [0.3, 0.4) is 0 Å². The number of carbonyl (C=O) groups excluding carboxylic acids is 1. The summed E-state index contributed by atoms with van der Waals surface area (Å²) in [6.45, 7) is 4.94. The van der Waals surface area contributed by atoms with Crippen molar-refractivity contribution in [2.24, 2.45) is 0 Å². The monoisotopic (exact) mass is 182 g/mol. The molecule has 0 spiro atoms. The Morgan fingerprint density at radius 2 is 2.46 bits per heavy atom. The second-order valence-electron chi connectivity index (χ2n) is 2.76. The predicted octanol–water partition coefficient (Wildman–Crippen LogP) is 0.266. The number of aryl methyl sites for hydroxylation is 1. The first-order valence-corrected chi connectivity index (χ1v) is 4.25. The minimum Gasteiger partial charge on any atom is -0.309 e. The lowest BCUT2D eigenvalue weighted by Gasteiger charge is -2.00. The van der Waals surface area contributed by atoms with Crippen LogP contribution in [0.1, 0.15) is 12.6 Å². The van der Waals surface area contributed by atoms with Gasteiger partial charge in [0.25, 0.3) is 0 Å². The molecule has 0 atom stereocenters. The van der Waals surface area contributed by atoms with Gasteiger partial charge in [0.05, 0.1) is 6.54 Å². The maximum atomic E-state index is 11.2. The Morgan fingerprint density at radius 3 is 3.00 bits per heavy atom. The highest BCUT2D eigenvalue weighted by atomic mass is 16.2. The van der Waals surface area contributed by atoms with Crippen molar-refractivity contribution in [1.29, 1.82) is 0 Å². The smallest absolute Gasteiger partial charge is 0.239 e. The highest BCUT2D eigenvalue weighted by molar-refractivity contribution is 5.91. The van der Waals surface area contributed by atoms with E-state index in [1.807, 2.05) is 13.8 Å². The number of likely N-dealkylation sites (N-methyl/N-ethyl adjacent to an activating group) is 1. The Kier molecular flexibility index (Phi) is 3.45. The van der Waals surface area contributed by atoms with Gasteiger partial charge in [-0.05, 0) is 13.5 Å². The molecule has 0 aromatic carbocycles. The molecule has 0 bridgehead atoms. The highest BCUT2D eigenvalue weighted by Crippen LogP contribution is 2.02. The molecule has 5 nitrogen and oxygen atoms in total. The summed E-state index contributed by atoms with van der Waals surface area (Å²) in [5.41, 5.74) is 0.929. The molecule has 0 saturated heterocycles. The Morgan fingerprint density at radius 1 is 1.69 bits per heavy atom. The molecule has 0 aliphatic rings. The normalized spacial score (nSPS) is 10.0. The number of H-pyrrole nitrogens is 1. The Hall–Kier alpha value is -1.36. The van der Waals surface area contributed by atoms with Crippen molar-refractivity contribution in [3.8, 4) is 0 Å². The second-order valence-corrected chi connectivity index (χ2v) is 2.76. The van der Waals surface area contributed by atoms with Crippen LogP contribution in [0.4, 0.5) is 5.82 Å². The summed E-state index contributed by atoms with van der Waals surface area (Å²) in [5.74, 6) is 0.494. The molecule has 0 unspecified atom stereocenters. The fourth-order valence-corrected chi connectivity index (χ4v) is 0.908. The number of carbonyl (C=O) groups is 1. The lowest BCUT2D eigenvalue weighted by Crippen LogP contribution is -2.27. The summed E-state index contributed by atoms with van der Waals surface area (Å²) < 4.78 is 0. The summed E-state index contributed by atoms with van der Waals surface area (Å²) in [7, 11) is 0. The van der Waals surface area contributed by atoms with E-state index in [0.717, 1.165) is 12.2 Å². The van der Waals surface area contributed by atoms with Crippen molar-refractivity contribution in [2.75, 3.05) is 18.4 Å². The number of aromatic amines is 1. The molecular weight excluding hydrogens is 168 g/mol. The van der Waals surface area contributed by atoms with Crippen LogP contribution in [0.25, 0.3) is 0 Å². The van der Waals surface area contributed by atoms with E-state index in [0.29, 0.717) is 12.4 Å². The zero-order valence-corrected chi connectivity index (χ0v) is 7.85. The largest absolute Gasteiger partial charge is 0.309 e. The van der Waals surface area contributed by atoms with Gasteiger partial charge in [-0.25, -0.2) is 0 Å². The van der Waals surface area contributed by atoms with Crippen LogP contribution >= 0.6 is 0 Å². The van der Waals surface area contributed by atoms with E-state index in [9.17, 15) is 4.79 Å². The van der Waals surface area contributed by atoms with Crippen LogP contribution in [-0.2, 0) is 4.79 Å². The zero-order chi connectivity index (χ0) is 9.68. The molecule has 0 saturated carbocycles. The maximum absolute atomic E-state index is 11.2. The van der Waals surface area contributed by atoms with Crippen molar-refractivity contribution in [1.82, 2.24) is 15.5 Å². The number of amides is 1. The third-order valence-electron chi connectivity index (χ3n) is 1.51. The van der Waals surface area contributed by atoms with Crippen molar-refractivity contribution in [2.45, 2.75) is 13.8 Å². The van der Waals surface area contributed by atoms with Gasteiger partial charge in [0.2, 0.25) is 5.91 Å². The molecule has 0 radical (unpaired) electrons. The lowest BCUT2D eigenvalue weighted by molar-refractivity contribution is -0.115. The Labute approximate surface area is 76.9 Å². The van der Waals surface area contributed by atoms with Crippen molar-refractivity contribution in [3.63, 3.8) is 0 Å². The van der Waals surface area contributed by atoms with Gasteiger partial charge in [-0.15, -0.1) is 0 Å². The first kappa shape index (κ1) is 9.73. The molecule has 0 aliphatic carbocycles. The van der Waals surface area contributed by atoms with Crippen LogP contribution in [-0.4, -0.2) is 29.2 Å². The summed E-state index contributed by atoms with van der Waals surface area (Å²) in [6, 6.07) is 1.78. The molecule has 3 N–H and O–H groups in total. The Bertz CT molecular complexity index is 281. The fourth-order valence-electron chi connectivity index (χ4n) is 0.908. The number of rotatable bonds is 4. The number of hydrogen-bond donors (Lipinski definition) is 3. The van der Waals surface area contributed by atoms with E-state index in [2.05, 4.69) is 20.8 Å².